The molecule has 0 spiro atoms. The second-order valence-electron chi connectivity index (χ2n) is 19.5. The largest absolute Gasteiger partial charge is 0.481 e. The first-order valence-corrected chi connectivity index (χ1v) is 28.9. The Bertz CT molecular complexity index is 2640. The van der Waals surface area contributed by atoms with Gasteiger partial charge >= 0.3 is 5.63 Å². The maximum absolute atomic E-state index is 13.8. The molecule has 1 fully saturated rings. The number of piperazine rings is 1. The van der Waals surface area contributed by atoms with Crippen molar-refractivity contribution in [2.75, 3.05) is 31.1 Å². The van der Waals surface area contributed by atoms with Crippen LogP contribution in [0.3, 0.4) is 0 Å². The van der Waals surface area contributed by atoms with E-state index in [0.717, 1.165) is 44.7 Å². The predicted molar refractivity (Wildman–Crippen MR) is 299 cm³/mol. The summed E-state index contributed by atoms with van der Waals surface area (Å²) in [5.74, 6) is 0.281. The minimum Gasteiger partial charge on any atom is -0.481 e. The molecule has 6 aromatic rings. The lowest BCUT2D eigenvalue weighted by Crippen LogP contribution is -2.57. The van der Waals surface area contributed by atoms with Gasteiger partial charge in [0.1, 0.15) is 34.5 Å². The number of rotatable bonds is 26. The lowest BCUT2D eigenvalue weighted by Gasteiger charge is -2.40. The Labute approximate surface area is 433 Å². The van der Waals surface area contributed by atoms with Crippen molar-refractivity contribution in [3.05, 3.63) is 149 Å². The van der Waals surface area contributed by atoms with E-state index in [2.05, 4.69) is 103 Å². The molecule has 0 unspecified atom stereocenters. The fourth-order valence-corrected chi connectivity index (χ4v) is 15.0. The summed E-state index contributed by atoms with van der Waals surface area (Å²) in [5.41, 5.74) is 1.53. The first kappa shape index (κ1) is 54.0. The van der Waals surface area contributed by atoms with E-state index in [1.807, 2.05) is 11.8 Å². The number of benzene rings is 5. The third kappa shape index (κ3) is 14.5. The highest BCUT2D eigenvalue weighted by Crippen LogP contribution is 2.56. The fourth-order valence-electron chi connectivity index (χ4n) is 10.3. The quantitative estimate of drug-likeness (QED) is 0.0329. The maximum atomic E-state index is 13.8. The number of hydrogen-bond donors (Lipinski definition) is 1. The molecule has 11 heteroatoms. The Balaban J connectivity index is 0.871. The Kier molecular flexibility index (Phi) is 20.5. The summed E-state index contributed by atoms with van der Waals surface area (Å²) in [6.45, 7) is 7.25. The molecule has 0 bridgehead atoms. The number of anilines is 1. The van der Waals surface area contributed by atoms with Crippen LogP contribution in [0, 0.1) is 0 Å². The van der Waals surface area contributed by atoms with Crippen LogP contribution >= 0.6 is 18.9 Å². The van der Waals surface area contributed by atoms with E-state index in [1.54, 1.807) is 48.2 Å². The van der Waals surface area contributed by atoms with Crippen LogP contribution in [0.2, 0.25) is 5.02 Å². The van der Waals surface area contributed by atoms with Crippen molar-refractivity contribution >= 4 is 69.2 Å². The zero-order chi connectivity index (χ0) is 50.7. The van der Waals surface area contributed by atoms with Gasteiger partial charge in [-0.15, -0.1) is 0 Å². The van der Waals surface area contributed by atoms with Crippen molar-refractivity contribution in [1.82, 2.24) is 9.80 Å². The molecule has 380 valence electrons. The van der Waals surface area contributed by atoms with Crippen LogP contribution in [0.15, 0.2) is 143 Å². The average molecular weight is 1010 g/mol. The second-order valence-corrected chi connectivity index (χ2v) is 23.5. The number of unbranched alkanes of at least 4 members (excludes halogenated alkanes) is 12. The van der Waals surface area contributed by atoms with Crippen LogP contribution in [0.25, 0.3) is 22.1 Å². The van der Waals surface area contributed by atoms with E-state index in [9.17, 15) is 19.2 Å². The predicted octanol–water partition coefficient (Wildman–Crippen LogP) is 13.1. The summed E-state index contributed by atoms with van der Waals surface area (Å²) >= 11 is 6.80. The third-order valence-corrected chi connectivity index (χ3v) is 19.0. The van der Waals surface area contributed by atoms with E-state index >= 15 is 0 Å². The van der Waals surface area contributed by atoms with Crippen molar-refractivity contribution in [2.45, 2.75) is 136 Å². The van der Waals surface area contributed by atoms with Gasteiger partial charge in [-0.05, 0) is 100 Å². The first-order valence-electron chi connectivity index (χ1n) is 26.5. The van der Waals surface area contributed by atoms with Crippen LogP contribution in [-0.2, 0) is 14.4 Å². The van der Waals surface area contributed by atoms with Crippen molar-refractivity contribution in [2.24, 2.45) is 0 Å². The average Bonchev–Trinajstić information content (AvgIpc) is 3.39. The molecule has 5 aromatic carbocycles. The summed E-state index contributed by atoms with van der Waals surface area (Å²) in [5, 5.41) is 8.12. The molecule has 72 heavy (non-hydrogen) atoms. The Morgan fingerprint density at radius 2 is 1.25 bits per heavy atom. The van der Waals surface area contributed by atoms with Crippen LogP contribution in [0.1, 0.15) is 124 Å². The van der Waals surface area contributed by atoms with Crippen molar-refractivity contribution in [1.29, 1.82) is 0 Å². The maximum Gasteiger partial charge on any atom is 0.336 e. The zero-order valence-corrected chi connectivity index (χ0v) is 44.3. The van der Waals surface area contributed by atoms with Gasteiger partial charge in [0.15, 0.2) is 6.10 Å². The highest BCUT2D eigenvalue weighted by atomic mass is 35.5. The Morgan fingerprint density at radius 1 is 0.681 bits per heavy atom. The number of nitrogens with zero attached hydrogens (tertiary/aromatic N) is 2. The smallest absolute Gasteiger partial charge is 0.336 e. The summed E-state index contributed by atoms with van der Waals surface area (Å²) in [6, 6.07) is 44.5. The minimum atomic E-state index is -1.92. The number of amides is 3. The number of fused-ring (bicyclic) bond motifs is 1. The molecule has 1 aromatic heterocycles. The minimum absolute atomic E-state index is 0.0455. The molecule has 1 N–H and O–H groups in total. The van der Waals surface area contributed by atoms with Crippen LogP contribution in [0.5, 0.6) is 5.75 Å². The van der Waals surface area contributed by atoms with Crippen LogP contribution in [-0.4, -0.2) is 65.5 Å². The van der Waals surface area contributed by atoms with E-state index in [4.69, 9.17) is 20.8 Å². The number of halogens is 1. The number of ether oxygens (including phenoxy) is 1. The highest BCUT2D eigenvalue weighted by Gasteiger charge is 2.44. The van der Waals surface area contributed by atoms with Gasteiger partial charge in [-0.25, -0.2) is 4.79 Å². The van der Waals surface area contributed by atoms with E-state index in [-0.39, 0.29) is 23.8 Å². The molecule has 1 aliphatic rings. The molecule has 1 saturated heterocycles. The van der Waals surface area contributed by atoms with Gasteiger partial charge in [0, 0.05) is 72.9 Å². The molecule has 0 radical (unpaired) electrons. The molecule has 2 atom stereocenters. The number of carbonyl (C=O) groups is 3. The molecule has 0 aliphatic carbocycles. The van der Waals surface area contributed by atoms with Gasteiger partial charge in [-0.2, -0.15) is 0 Å². The molecule has 3 amide bonds. The SMILES string of the molecule is CCCCCCCCCCCCCC(=O)Nc1ccc(-c2cc(=O)oc3cc(O[C@H](C)C(=O)N4CCN(C(=O)CCCCC[P+](c5ccccc5)(c5ccccc5)c5ccccc5)[C@H](C)C4)ccc23)c(Cl)c1. The topological polar surface area (TPSA) is 109 Å². The molecule has 0 saturated carbocycles. The van der Waals surface area contributed by atoms with E-state index in [1.165, 1.54) is 73.3 Å². The van der Waals surface area contributed by atoms with Gasteiger partial charge in [0.2, 0.25) is 11.8 Å². The van der Waals surface area contributed by atoms with Crippen LogP contribution in [0.4, 0.5) is 5.69 Å². The zero-order valence-electron chi connectivity index (χ0n) is 42.7. The van der Waals surface area contributed by atoms with Gasteiger partial charge < -0.3 is 24.3 Å². The summed E-state index contributed by atoms with van der Waals surface area (Å²) in [7, 11) is -1.92. The standard InChI is InChI=1S/C61H73ClN3O6P/c1-4-5-6-7-8-9-10-11-12-13-24-33-58(66)63-48-35-37-53(56(62)42-48)55-44-60(68)71-57-43-49(36-38-54(55)57)70-47(3)61(69)64-39-40-65(46(2)45-64)59(67)34-25-17-26-41-72(50-27-18-14-19-28-50,51-29-20-15-21-30-51)52-31-22-16-23-32-52/h14-16,18-23,27-32,35-38,42-44,46-47H,4-13,17,24-26,33-34,39-41,45H2,1-3H3/p+1/t46-,47-/m1/s1. The van der Waals surface area contributed by atoms with Gasteiger partial charge in [0.25, 0.3) is 5.91 Å². The van der Waals surface area contributed by atoms with Gasteiger partial charge in [-0.1, -0.05) is 143 Å². The Morgan fingerprint density at radius 3 is 1.83 bits per heavy atom. The molecule has 1 aliphatic heterocycles. The lowest BCUT2D eigenvalue weighted by molar-refractivity contribution is -0.146. The molecular formula is C61H74ClN3O6P+. The monoisotopic (exact) mass is 1010 g/mol. The Hall–Kier alpha value is -5.76. The van der Waals surface area contributed by atoms with Gasteiger partial charge in [0.05, 0.1) is 11.2 Å². The molecule has 9 nitrogen and oxygen atoms in total. The molecule has 7 rings (SSSR count). The van der Waals surface area contributed by atoms with Crippen LogP contribution < -0.4 is 31.6 Å². The molecule has 2 heterocycles. The summed E-state index contributed by atoms with van der Waals surface area (Å²) in [4.78, 5) is 56.7. The number of nitrogens with one attached hydrogen (secondary N) is 1. The van der Waals surface area contributed by atoms with Crippen molar-refractivity contribution < 1.29 is 23.5 Å². The van der Waals surface area contributed by atoms with E-state index < -0.39 is 19.0 Å². The van der Waals surface area contributed by atoms with Crippen molar-refractivity contribution in [3.8, 4) is 16.9 Å². The normalized spacial score (nSPS) is 14.3. The fraction of sp³-hybridized carbons (Fsp3) is 0.410. The number of hydrogen-bond acceptors (Lipinski definition) is 6. The van der Waals surface area contributed by atoms with Crippen molar-refractivity contribution in [3.63, 3.8) is 0 Å². The van der Waals surface area contributed by atoms with Gasteiger partial charge in [-0.3, -0.25) is 14.4 Å². The highest BCUT2D eigenvalue weighted by molar-refractivity contribution is 7.95. The number of carbonyl (C=O) groups excluding carboxylic acids is 3. The summed E-state index contributed by atoms with van der Waals surface area (Å²) in [6.07, 6.45) is 17.4. The second kappa shape index (κ2) is 27.3. The third-order valence-electron chi connectivity index (χ3n) is 14.2. The molecular weight excluding hydrogens is 937 g/mol. The summed E-state index contributed by atoms with van der Waals surface area (Å²) < 4.78 is 11.8. The van der Waals surface area contributed by atoms with E-state index in [0.29, 0.717) is 71.0 Å². The lowest BCUT2D eigenvalue weighted by atomic mass is 10.0. The first-order chi connectivity index (χ1) is 35.1.